The Hall–Kier alpha value is -4.89. The van der Waals surface area contributed by atoms with Gasteiger partial charge in [0.25, 0.3) is 5.56 Å². The lowest BCUT2D eigenvalue weighted by molar-refractivity contribution is -0.138. The van der Waals surface area contributed by atoms with Crippen LogP contribution in [0.3, 0.4) is 0 Å². The molecule has 2 aliphatic heterocycles. The fourth-order valence-corrected chi connectivity index (χ4v) is 5.85. The number of fused-ring (bicyclic) bond motifs is 2. The highest BCUT2D eigenvalue weighted by molar-refractivity contribution is 7.07. The second-order valence-corrected chi connectivity index (χ2v) is 10.2. The molecule has 0 aliphatic carbocycles. The number of carbonyl (C=O) groups excluding carboxylic acids is 1. The van der Waals surface area contributed by atoms with E-state index in [2.05, 4.69) is 6.58 Å². The normalized spacial score (nSPS) is 15.7. The van der Waals surface area contributed by atoms with Crippen molar-refractivity contribution in [1.29, 1.82) is 0 Å². The molecule has 3 heterocycles. The van der Waals surface area contributed by atoms with Gasteiger partial charge >= 0.3 is 5.97 Å². The average molecular weight is 567 g/mol. The van der Waals surface area contributed by atoms with Crippen molar-refractivity contribution in [3.63, 3.8) is 0 Å². The number of carbonyl (C=O) groups is 1. The maximum absolute atomic E-state index is 14.1. The summed E-state index contributed by atoms with van der Waals surface area (Å²) in [6.45, 7) is 6.07. The molecule has 0 N–H and O–H groups in total. The Morgan fingerprint density at radius 1 is 1.10 bits per heavy atom. The number of aromatic nitrogens is 1. The van der Waals surface area contributed by atoms with Crippen molar-refractivity contribution in [2.45, 2.75) is 13.0 Å². The number of hydrogen-bond acceptors (Lipinski definition) is 8. The van der Waals surface area contributed by atoms with Crippen molar-refractivity contribution in [2.75, 3.05) is 20.0 Å². The summed E-state index contributed by atoms with van der Waals surface area (Å²) in [5, 5.41) is 0. The Labute approximate surface area is 239 Å². The highest BCUT2D eigenvalue weighted by Crippen LogP contribution is 2.40. The summed E-state index contributed by atoms with van der Waals surface area (Å²) >= 11 is 1.25. The number of thiazole rings is 1. The van der Waals surface area contributed by atoms with E-state index in [-0.39, 0.29) is 24.5 Å². The maximum atomic E-state index is 14.1. The summed E-state index contributed by atoms with van der Waals surface area (Å²) in [7, 11) is 0. The van der Waals surface area contributed by atoms with Gasteiger partial charge in [-0.15, -0.1) is 0 Å². The highest BCUT2D eigenvalue weighted by atomic mass is 32.1. The van der Waals surface area contributed by atoms with Crippen LogP contribution in [0.1, 0.15) is 29.7 Å². The summed E-state index contributed by atoms with van der Waals surface area (Å²) in [5.74, 6) is 1.22. The number of benzene rings is 3. The van der Waals surface area contributed by atoms with Crippen molar-refractivity contribution in [2.24, 2.45) is 4.99 Å². The summed E-state index contributed by atoms with van der Waals surface area (Å²) in [6.07, 6.45) is 3.45. The molecule has 8 nitrogen and oxygen atoms in total. The van der Waals surface area contributed by atoms with Crippen LogP contribution in [-0.2, 0) is 9.53 Å². The van der Waals surface area contributed by atoms with Gasteiger partial charge < -0.3 is 18.9 Å². The third-order valence-corrected chi connectivity index (χ3v) is 7.63. The van der Waals surface area contributed by atoms with Crippen LogP contribution in [0.15, 0.2) is 101 Å². The van der Waals surface area contributed by atoms with Crippen LogP contribution in [0.5, 0.6) is 17.2 Å². The molecule has 9 heteroatoms. The lowest BCUT2D eigenvalue weighted by atomic mass is 9.93. The average Bonchev–Trinajstić information content (AvgIpc) is 3.60. The number of para-hydroxylation sites is 1. The van der Waals surface area contributed by atoms with Gasteiger partial charge in [-0.05, 0) is 36.8 Å². The van der Waals surface area contributed by atoms with Gasteiger partial charge in [0.2, 0.25) is 6.79 Å². The van der Waals surface area contributed by atoms with Crippen LogP contribution >= 0.6 is 11.3 Å². The first-order chi connectivity index (χ1) is 20.1. The van der Waals surface area contributed by atoms with E-state index < -0.39 is 12.0 Å². The van der Waals surface area contributed by atoms with Gasteiger partial charge in [-0.25, -0.2) is 9.79 Å². The zero-order chi connectivity index (χ0) is 28.3. The van der Waals surface area contributed by atoms with Crippen LogP contribution < -0.4 is 29.1 Å². The zero-order valence-electron chi connectivity index (χ0n) is 22.2. The van der Waals surface area contributed by atoms with Crippen LogP contribution in [0.2, 0.25) is 0 Å². The minimum absolute atomic E-state index is 0.102. The Kier molecular flexibility index (Phi) is 7.26. The summed E-state index contributed by atoms with van der Waals surface area (Å²) in [4.78, 5) is 33.1. The van der Waals surface area contributed by atoms with Gasteiger partial charge in [0, 0.05) is 11.1 Å². The van der Waals surface area contributed by atoms with Crippen molar-refractivity contribution < 1.29 is 23.7 Å². The van der Waals surface area contributed by atoms with E-state index in [1.54, 1.807) is 35.8 Å². The Balaban J connectivity index is 1.62. The van der Waals surface area contributed by atoms with E-state index >= 15 is 0 Å². The predicted molar refractivity (Wildman–Crippen MR) is 156 cm³/mol. The molecule has 4 aromatic rings. The molecule has 2 aliphatic rings. The monoisotopic (exact) mass is 566 g/mol. The fourth-order valence-electron chi connectivity index (χ4n) is 4.86. The first-order valence-corrected chi connectivity index (χ1v) is 13.9. The first kappa shape index (κ1) is 26.3. The minimum Gasteiger partial charge on any atom is -0.489 e. The molecule has 6 rings (SSSR count). The molecule has 41 heavy (non-hydrogen) atoms. The van der Waals surface area contributed by atoms with Gasteiger partial charge in [-0.3, -0.25) is 9.36 Å². The van der Waals surface area contributed by atoms with Crippen LogP contribution in [0.4, 0.5) is 0 Å². The molecule has 0 radical (unpaired) electrons. The molecule has 0 fully saturated rings. The Bertz CT molecular complexity index is 1850. The van der Waals surface area contributed by atoms with Crippen LogP contribution in [-0.4, -0.2) is 30.5 Å². The molecule has 206 valence electrons. The van der Waals surface area contributed by atoms with Gasteiger partial charge in [0.15, 0.2) is 16.3 Å². The van der Waals surface area contributed by atoms with Crippen molar-refractivity contribution >= 4 is 29.1 Å². The fraction of sp³-hybridized carbons (Fsp3) is 0.156. The smallest absolute Gasteiger partial charge is 0.338 e. The molecule has 0 spiro atoms. The molecular weight excluding hydrogens is 540 g/mol. The van der Waals surface area contributed by atoms with Crippen molar-refractivity contribution in [3.05, 3.63) is 127 Å². The van der Waals surface area contributed by atoms with E-state index in [9.17, 15) is 9.59 Å². The van der Waals surface area contributed by atoms with Crippen LogP contribution in [0, 0.1) is 0 Å². The maximum Gasteiger partial charge on any atom is 0.338 e. The predicted octanol–water partition coefficient (Wildman–Crippen LogP) is 4.23. The van der Waals surface area contributed by atoms with E-state index in [1.165, 1.54) is 11.3 Å². The van der Waals surface area contributed by atoms with Gasteiger partial charge in [0.05, 0.1) is 28.5 Å². The SMILES string of the molecule is C=CCOc1ccccc1C=c1sc2n(c1=O)[C@H](c1ccc3c(c1)OCO3)C(C(=O)OCC)=C(c1ccccc1)N=2. The quantitative estimate of drug-likeness (QED) is 0.234. The number of esters is 1. The molecule has 0 bridgehead atoms. The van der Waals surface area contributed by atoms with Gasteiger partial charge in [0.1, 0.15) is 12.4 Å². The number of nitrogens with zero attached hydrogens (tertiary/aromatic N) is 2. The largest absolute Gasteiger partial charge is 0.489 e. The first-order valence-electron chi connectivity index (χ1n) is 13.1. The number of ether oxygens (including phenoxy) is 4. The molecule has 3 aromatic carbocycles. The highest BCUT2D eigenvalue weighted by Gasteiger charge is 2.36. The lowest BCUT2D eigenvalue weighted by Gasteiger charge is -2.26. The van der Waals surface area contributed by atoms with E-state index in [4.69, 9.17) is 23.9 Å². The van der Waals surface area contributed by atoms with E-state index in [0.717, 1.165) is 11.1 Å². The molecule has 1 aromatic heterocycles. The standard InChI is InChI=1S/C32H26N2O6S/c1-3-16-38-23-13-9-8-12-21(23)18-26-30(35)34-29(22-14-15-24-25(17-22)40-19-39-24)27(31(36)37-4-2)28(33-32(34)41-26)20-10-6-5-7-11-20/h3,5-15,17-18,29H,1,4,16,19H2,2H3/t29-/m1/s1. The Morgan fingerprint density at radius 2 is 1.88 bits per heavy atom. The third kappa shape index (κ3) is 4.96. The molecular formula is C32H26N2O6S. The lowest BCUT2D eigenvalue weighted by Crippen LogP contribution is -2.40. The summed E-state index contributed by atoms with van der Waals surface area (Å²) in [5.41, 5.74) is 2.58. The molecule has 0 saturated heterocycles. The Morgan fingerprint density at radius 3 is 2.68 bits per heavy atom. The number of hydrogen-bond donors (Lipinski definition) is 0. The second kappa shape index (κ2) is 11.3. The second-order valence-electron chi connectivity index (χ2n) is 9.18. The molecule has 0 saturated carbocycles. The number of rotatable bonds is 8. The van der Waals surface area contributed by atoms with Crippen LogP contribution in [0.25, 0.3) is 11.8 Å². The summed E-state index contributed by atoms with van der Waals surface area (Å²) in [6, 6.07) is 21.5. The summed E-state index contributed by atoms with van der Waals surface area (Å²) < 4.78 is 24.5. The van der Waals surface area contributed by atoms with E-state index in [0.29, 0.717) is 44.4 Å². The van der Waals surface area contributed by atoms with Gasteiger partial charge in [-0.2, -0.15) is 0 Å². The zero-order valence-corrected chi connectivity index (χ0v) is 23.1. The topological polar surface area (TPSA) is 88.3 Å². The minimum atomic E-state index is -0.815. The molecule has 1 atom stereocenters. The van der Waals surface area contributed by atoms with Gasteiger partial charge in [-0.1, -0.05) is 78.6 Å². The molecule has 0 unspecified atom stereocenters. The molecule has 0 amide bonds. The third-order valence-electron chi connectivity index (χ3n) is 6.65. The van der Waals surface area contributed by atoms with E-state index in [1.807, 2.05) is 60.7 Å². The van der Waals surface area contributed by atoms with Crippen molar-refractivity contribution in [3.8, 4) is 17.2 Å². The van der Waals surface area contributed by atoms with Crippen molar-refractivity contribution in [1.82, 2.24) is 4.57 Å².